The third-order valence-electron chi connectivity index (χ3n) is 11.7. The van der Waals surface area contributed by atoms with Crippen LogP contribution in [-0.4, -0.2) is 93.8 Å². The SMILES string of the molecule is CC(O)[C@H](NC(=O)CCCCCCCCCCCCCCC(=O)N[C@@H](CC(N)=O)C(=O)N[C@@H](Cc1ccccc1)C(=O)O)C(=O)N[C@@H](CCc1ccccc1)C(=O)N[C@@H](Cc1ccccc1)C(N)=O. The van der Waals surface area contributed by atoms with Crippen molar-refractivity contribution in [2.24, 2.45) is 11.5 Å². The highest BCUT2D eigenvalue weighted by molar-refractivity contribution is 5.95. The number of carboxylic acids is 1. The number of primary amides is 2. The minimum Gasteiger partial charge on any atom is -0.480 e. The Hall–Kier alpha value is -6.62. The number of hydrogen-bond acceptors (Lipinski definition) is 9. The van der Waals surface area contributed by atoms with Crippen molar-refractivity contribution in [3.63, 3.8) is 0 Å². The fourth-order valence-electron chi connectivity index (χ4n) is 7.82. The molecule has 0 saturated heterocycles. The maximum atomic E-state index is 13.6. The van der Waals surface area contributed by atoms with Gasteiger partial charge in [-0.2, -0.15) is 0 Å². The summed E-state index contributed by atoms with van der Waals surface area (Å²) in [5, 5.41) is 33.1. The van der Waals surface area contributed by atoms with Gasteiger partial charge in [-0.25, -0.2) is 4.79 Å². The van der Waals surface area contributed by atoms with Crippen LogP contribution in [-0.2, 0) is 57.6 Å². The van der Waals surface area contributed by atoms with Crippen molar-refractivity contribution in [3.05, 3.63) is 108 Å². The van der Waals surface area contributed by atoms with Crippen LogP contribution in [0.15, 0.2) is 91.0 Å². The number of aliphatic hydroxyl groups excluding tert-OH is 1. The number of carbonyl (C=O) groups excluding carboxylic acids is 7. The second-order valence-electron chi connectivity index (χ2n) is 17.6. The molecule has 0 aromatic heterocycles. The number of benzene rings is 3. The highest BCUT2D eigenvalue weighted by atomic mass is 16.4. The topological polar surface area (TPSA) is 289 Å². The third-order valence-corrected chi connectivity index (χ3v) is 11.7. The normalized spacial score (nSPS) is 13.6. The molecule has 0 aliphatic carbocycles. The van der Waals surface area contributed by atoms with Crippen molar-refractivity contribution in [3.8, 4) is 0 Å². The Bertz CT molecular complexity index is 2060. The fourth-order valence-corrected chi connectivity index (χ4v) is 7.82. The minimum atomic E-state index is -1.31. The van der Waals surface area contributed by atoms with E-state index in [1.54, 1.807) is 30.3 Å². The molecule has 17 heteroatoms. The maximum Gasteiger partial charge on any atom is 0.326 e. The Labute approximate surface area is 405 Å². The molecule has 0 heterocycles. The fraction of sp³-hybridized carbons (Fsp3) is 0.500. The highest BCUT2D eigenvalue weighted by Gasteiger charge is 2.32. The number of aliphatic carboxylic acids is 1. The van der Waals surface area contributed by atoms with E-state index in [2.05, 4.69) is 26.6 Å². The molecular weight excluding hydrogens is 883 g/mol. The summed E-state index contributed by atoms with van der Waals surface area (Å²) in [5.74, 6) is -5.70. The number of rotatable bonds is 35. The van der Waals surface area contributed by atoms with E-state index < -0.39 is 84.1 Å². The summed E-state index contributed by atoms with van der Waals surface area (Å²) < 4.78 is 0. The van der Waals surface area contributed by atoms with E-state index in [0.717, 1.165) is 75.3 Å². The van der Waals surface area contributed by atoms with E-state index in [1.165, 1.54) is 6.92 Å². The second kappa shape index (κ2) is 32.2. The van der Waals surface area contributed by atoms with E-state index in [-0.39, 0.29) is 38.0 Å². The largest absolute Gasteiger partial charge is 0.480 e. The number of hydrogen-bond donors (Lipinski definition) is 9. The molecule has 0 saturated carbocycles. The number of carboxylic acid groups (broad SMARTS) is 1. The Morgan fingerprint density at radius 2 is 0.870 bits per heavy atom. The first-order valence-electron chi connectivity index (χ1n) is 24.2. The number of aliphatic hydroxyl groups is 1. The number of carbonyl (C=O) groups is 8. The molecule has 0 spiro atoms. The number of unbranched alkanes of at least 4 members (excludes halogenated alkanes) is 11. The molecule has 0 aliphatic heterocycles. The minimum absolute atomic E-state index is 0.0326. The molecule has 69 heavy (non-hydrogen) atoms. The molecule has 11 N–H and O–H groups in total. The maximum absolute atomic E-state index is 13.6. The van der Waals surface area contributed by atoms with Gasteiger partial charge in [0.25, 0.3) is 0 Å². The molecule has 3 aromatic carbocycles. The Balaban J connectivity index is 1.30. The Kier molecular flexibility index (Phi) is 26.5. The number of nitrogens with two attached hydrogens (primary N) is 2. The van der Waals surface area contributed by atoms with Gasteiger partial charge in [-0.1, -0.05) is 155 Å². The summed E-state index contributed by atoms with van der Waals surface area (Å²) in [6, 6.07) is 21.3. The lowest BCUT2D eigenvalue weighted by molar-refractivity contribution is -0.142. The molecule has 0 radical (unpaired) electrons. The molecule has 0 fully saturated rings. The van der Waals surface area contributed by atoms with Gasteiger partial charge in [0.05, 0.1) is 12.5 Å². The quantitative estimate of drug-likeness (QED) is 0.0384. The molecule has 17 nitrogen and oxygen atoms in total. The summed E-state index contributed by atoms with van der Waals surface area (Å²) >= 11 is 0. The lowest BCUT2D eigenvalue weighted by atomic mass is 10.0. The van der Waals surface area contributed by atoms with E-state index in [1.807, 2.05) is 60.7 Å². The van der Waals surface area contributed by atoms with Gasteiger partial charge in [-0.3, -0.25) is 33.6 Å². The van der Waals surface area contributed by atoms with E-state index in [9.17, 15) is 48.6 Å². The summed E-state index contributed by atoms with van der Waals surface area (Å²) in [6.07, 6.45) is 10.4. The number of nitrogens with one attached hydrogen (secondary N) is 5. The van der Waals surface area contributed by atoms with Gasteiger partial charge in [0.1, 0.15) is 30.2 Å². The first kappa shape index (κ1) is 56.7. The third kappa shape index (κ3) is 23.8. The summed E-state index contributed by atoms with van der Waals surface area (Å²) in [6.45, 7) is 1.39. The average molecular weight is 956 g/mol. The predicted octanol–water partition coefficient (Wildman–Crippen LogP) is 3.82. The monoisotopic (exact) mass is 956 g/mol. The van der Waals surface area contributed by atoms with Crippen LogP contribution in [0.25, 0.3) is 0 Å². The zero-order chi connectivity index (χ0) is 50.4. The van der Waals surface area contributed by atoms with E-state index in [0.29, 0.717) is 24.8 Å². The molecule has 3 aromatic rings. The Morgan fingerprint density at radius 1 is 0.478 bits per heavy atom. The molecule has 3 rings (SSSR count). The molecule has 6 atom stereocenters. The van der Waals surface area contributed by atoms with Crippen molar-refractivity contribution in [1.29, 1.82) is 0 Å². The van der Waals surface area contributed by atoms with Crippen molar-refractivity contribution in [2.75, 3.05) is 0 Å². The first-order chi connectivity index (χ1) is 33.1. The van der Waals surface area contributed by atoms with E-state index >= 15 is 0 Å². The Morgan fingerprint density at radius 3 is 1.30 bits per heavy atom. The van der Waals surface area contributed by atoms with Gasteiger partial charge in [0.2, 0.25) is 41.4 Å². The smallest absolute Gasteiger partial charge is 0.326 e. The van der Waals surface area contributed by atoms with Crippen LogP contribution in [0.1, 0.15) is 126 Å². The van der Waals surface area contributed by atoms with Crippen LogP contribution in [0.2, 0.25) is 0 Å². The van der Waals surface area contributed by atoms with Crippen LogP contribution < -0.4 is 38.1 Å². The number of amides is 7. The predicted molar refractivity (Wildman–Crippen MR) is 262 cm³/mol. The van der Waals surface area contributed by atoms with Gasteiger partial charge in [-0.15, -0.1) is 0 Å². The van der Waals surface area contributed by atoms with Gasteiger partial charge in [0.15, 0.2) is 0 Å². The highest BCUT2D eigenvalue weighted by Crippen LogP contribution is 2.14. The number of aryl methyl sites for hydroxylation is 1. The molecule has 376 valence electrons. The van der Waals surface area contributed by atoms with Gasteiger partial charge >= 0.3 is 5.97 Å². The zero-order valence-corrected chi connectivity index (χ0v) is 39.9. The summed E-state index contributed by atoms with van der Waals surface area (Å²) in [7, 11) is 0. The van der Waals surface area contributed by atoms with Gasteiger partial charge in [0, 0.05) is 25.7 Å². The lowest BCUT2D eigenvalue weighted by Gasteiger charge is -2.26. The molecule has 0 aliphatic rings. The second-order valence-corrected chi connectivity index (χ2v) is 17.6. The van der Waals surface area contributed by atoms with Gasteiger partial charge in [-0.05, 0) is 49.3 Å². The lowest BCUT2D eigenvalue weighted by Crippen LogP contribution is -2.58. The molecular formula is C52H73N7O10. The summed E-state index contributed by atoms with van der Waals surface area (Å²) in [4.78, 5) is 101. The van der Waals surface area contributed by atoms with Gasteiger partial charge < -0.3 is 48.3 Å². The molecule has 0 bridgehead atoms. The van der Waals surface area contributed by atoms with Crippen molar-refractivity contribution in [1.82, 2.24) is 26.6 Å². The average Bonchev–Trinajstić information content (AvgIpc) is 3.32. The van der Waals surface area contributed by atoms with Crippen LogP contribution in [0.4, 0.5) is 0 Å². The van der Waals surface area contributed by atoms with Crippen LogP contribution in [0, 0.1) is 0 Å². The van der Waals surface area contributed by atoms with Crippen molar-refractivity contribution < 1.29 is 48.6 Å². The van der Waals surface area contributed by atoms with Crippen LogP contribution in [0.3, 0.4) is 0 Å². The van der Waals surface area contributed by atoms with Crippen molar-refractivity contribution in [2.45, 2.75) is 165 Å². The van der Waals surface area contributed by atoms with E-state index in [4.69, 9.17) is 11.5 Å². The molecule has 1 unspecified atom stereocenters. The zero-order valence-electron chi connectivity index (χ0n) is 39.9. The summed E-state index contributed by atoms with van der Waals surface area (Å²) in [5.41, 5.74) is 13.4. The van der Waals surface area contributed by atoms with Crippen molar-refractivity contribution >= 4 is 47.3 Å². The molecule has 7 amide bonds. The van der Waals surface area contributed by atoms with Crippen LogP contribution >= 0.6 is 0 Å². The first-order valence-corrected chi connectivity index (χ1v) is 24.2. The van der Waals surface area contributed by atoms with Crippen LogP contribution in [0.5, 0.6) is 0 Å². The standard InChI is InChI=1S/C52H73N7O10/c1-36(60)47(51(67)56-40(32-31-37-23-15-12-16-24-37)49(65)57-41(48(54)64)33-38-25-17-13-18-26-38)59-46(63)30-22-11-9-7-5-3-2-4-6-8-10-21-29-45(62)55-42(35-44(53)61)50(66)58-43(52(68)69)34-39-27-19-14-20-28-39/h12-20,23-28,36,40-43,47,60H,2-11,21-22,29-35H2,1H3,(H2,53,61)(H2,54,64)(H,55,62)(H,56,67)(H,57,65)(H,58,66)(H,59,63)(H,68,69)/t36?,40-,41-,42-,43-,47-/m0/s1.